The molecule has 0 spiro atoms. The predicted molar refractivity (Wildman–Crippen MR) is 90.6 cm³/mol. The summed E-state index contributed by atoms with van der Waals surface area (Å²) in [7, 11) is 1.61. The first-order valence-corrected chi connectivity index (χ1v) is 9.01. The Morgan fingerprint density at radius 3 is 2.75 bits per heavy atom. The summed E-state index contributed by atoms with van der Waals surface area (Å²) in [6, 6.07) is 11.0. The van der Waals surface area contributed by atoms with Crippen molar-refractivity contribution in [1.82, 2.24) is 15.6 Å². The average Bonchev–Trinajstić information content (AvgIpc) is 3.25. The molecule has 0 bridgehead atoms. The van der Waals surface area contributed by atoms with Crippen molar-refractivity contribution in [3.63, 3.8) is 0 Å². The van der Waals surface area contributed by atoms with Gasteiger partial charge in [-0.25, -0.2) is 0 Å². The van der Waals surface area contributed by atoms with Crippen LogP contribution < -0.4 is 20.3 Å². The molecule has 1 aliphatic rings. The van der Waals surface area contributed by atoms with Crippen molar-refractivity contribution in [2.45, 2.75) is 5.06 Å². The van der Waals surface area contributed by atoms with Gasteiger partial charge in [0.1, 0.15) is 0 Å². The van der Waals surface area contributed by atoms with E-state index in [1.54, 1.807) is 25.4 Å². The van der Waals surface area contributed by atoms with Crippen molar-refractivity contribution < 1.29 is 14.3 Å². The number of hydrogen-bond donors (Lipinski definition) is 3. The first-order valence-electron chi connectivity index (χ1n) is 7.16. The number of aromatic amines is 1. The van der Waals surface area contributed by atoms with E-state index in [1.165, 1.54) is 0 Å². The van der Waals surface area contributed by atoms with Crippen LogP contribution in [-0.4, -0.2) is 44.4 Å². The molecule has 2 heterocycles. The summed E-state index contributed by atoms with van der Waals surface area (Å²) >= 11 is -0.136. The number of carbonyl (C=O) groups excluding carboxylic acids is 2. The Morgan fingerprint density at radius 2 is 2.12 bits per heavy atom. The second-order valence-electron chi connectivity index (χ2n) is 4.89. The second-order valence-corrected chi connectivity index (χ2v) is 7.24. The number of aromatic nitrogens is 1. The van der Waals surface area contributed by atoms with Crippen molar-refractivity contribution in [2.24, 2.45) is 0 Å². The molecule has 1 atom stereocenters. The molecule has 3 rings (SSSR count). The summed E-state index contributed by atoms with van der Waals surface area (Å²) < 4.78 is 5.97. The van der Waals surface area contributed by atoms with Crippen LogP contribution in [0.2, 0.25) is 0 Å². The van der Waals surface area contributed by atoms with Gasteiger partial charge in [-0.3, -0.25) is 0 Å². The summed E-state index contributed by atoms with van der Waals surface area (Å²) in [4.78, 5) is 27.9. The SMILES string of the molecule is COc1ccc(N2C=C(NC=O)[Se]C2NC(=O)c2ccc[nH]2)cc1. The van der Waals surface area contributed by atoms with Crippen LogP contribution in [0.4, 0.5) is 5.69 Å². The Morgan fingerprint density at radius 1 is 1.33 bits per heavy atom. The Labute approximate surface area is 145 Å². The third-order valence-electron chi connectivity index (χ3n) is 3.42. The number of H-pyrrole nitrogens is 1. The van der Waals surface area contributed by atoms with E-state index in [1.807, 2.05) is 35.4 Å². The van der Waals surface area contributed by atoms with Gasteiger partial charge in [-0.15, -0.1) is 0 Å². The van der Waals surface area contributed by atoms with Gasteiger partial charge in [0.05, 0.1) is 0 Å². The molecule has 0 fully saturated rings. The average molecular weight is 391 g/mol. The van der Waals surface area contributed by atoms with Crippen LogP contribution in [0.3, 0.4) is 0 Å². The van der Waals surface area contributed by atoms with Gasteiger partial charge in [0.25, 0.3) is 0 Å². The molecule has 2 aromatic rings. The van der Waals surface area contributed by atoms with E-state index >= 15 is 0 Å². The molecule has 3 N–H and O–H groups in total. The third kappa shape index (κ3) is 3.45. The number of nitrogens with zero attached hydrogens (tertiary/aromatic N) is 1. The Bertz CT molecular complexity index is 743. The van der Waals surface area contributed by atoms with E-state index in [2.05, 4.69) is 15.6 Å². The molecule has 0 radical (unpaired) electrons. The Kier molecular flexibility index (Phi) is 4.88. The number of nitrogens with one attached hydrogen (secondary N) is 3. The van der Waals surface area contributed by atoms with Crippen molar-refractivity contribution in [3.05, 3.63) is 59.1 Å². The predicted octanol–water partition coefficient (Wildman–Crippen LogP) is 0.806. The number of carbonyl (C=O) groups is 2. The van der Waals surface area contributed by atoms with Crippen LogP contribution in [-0.2, 0) is 4.79 Å². The molecule has 8 heteroatoms. The molecule has 24 heavy (non-hydrogen) atoms. The molecule has 0 saturated carbocycles. The molecule has 1 aromatic carbocycles. The Balaban J connectivity index is 1.80. The first kappa shape index (κ1) is 16.2. The molecule has 1 aromatic heterocycles. The maximum atomic E-state index is 12.3. The summed E-state index contributed by atoms with van der Waals surface area (Å²) in [6.07, 6.45) is 4.19. The van der Waals surface area contributed by atoms with Crippen LogP contribution in [0.5, 0.6) is 5.75 Å². The van der Waals surface area contributed by atoms with E-state index in [4.69, 9.17) is 4.74 Å². The quantitative estimate of drug-likeness (QED) is 0.503. The molecule has 1 unspecified atom stereocenters. The van der Waals surface area contributed by atoms with Crippen molar-refractivity contribution in [1.29, 1.82) is 0 Å². The minimum atomic E-state index is -0.232. The molecule has 124 valence electrons. The van der Waals surface area contributed by atoms with Crippen LogP contribution in [0.1, 0.15) is 10.5 Å². The summed E-state index contributed by atoms with van der Waals surface area (Å²) in [5.41, 5.74) is 1.40. The van der Waals surface area contributed by atoms with Gasteiger partial charge in [0.15, 0.2) is 0 Å². The van der Waals surface area contributed by atoms with E-state index in [0.29, 0.717) is 12.1 Å². The zero-order valence-corrected chi connectivity index (χ0v) is 14.6. The fourth-order valence-electron chi connectivity index (χ4n) is 2.26. The standard InChI is InChI=1S/C16H16N4O3Se/c1-23-12-6-4-11(5-7-12)20-9-14(18-10-21)24-16(20)19-15(22)13-3-2-8-17-13/h2-10,16-17H,1H3,(H,18,21)(H,19,22). The van der Waals surface area contributed by atoms with Crippen LogP contribution in [0.25, 0.3) is 0 Å². The van der Waals surface area contributed by atoms with Gasteiger partial charge in [0.2, 0.25) is 0 Å². The van der Waals surface area contributed by atoms with Crippen molar-refractivity contribution in [3.8, 4) is 5.75 Å². The van der Waals surface area contributed by atoms with Gasteiger partial charge in [0, 0.05) is 0 Å². The number of ether oxygens (including phenoxy) is 1. The maximum absolute atomic E-state index is 12.3. The fraction of sp³-hybridized carbons (Fsp3) is 0.125. The monoisotopic (exact) mass is 392 g/mol. The molecule has 0 saturated heterocycles. The molecular weight excluding hydrogens is 375 g/mol. The van der Waals surface area contributed by atoms with E-state index < -0.39 is 0 Å². The molecule has 7 nitrogen and oxygen atoms in total. The topological polar surface area (TPSA) is 86.5 Å². The van der Waals surface area contributed by atoms with Gasteiger partial charge in [-0.2, -0.15) is 0 Å². The summed E-state index contributed by atoms with van der Waals surface area (Å²) in [5.74, 6) is 0.566. The minimum absolute atomic E-state index is 0.136. The number of anilines is 1. The summed E-state index contributed by atoms with van der Waals surface area (Å²) in [6.45, 7) is 0. The van der Waals surface area contributed by atoms with Crippen LogP contribution in [0, 0.1) is 0 Å². The van der Waals surface area contributed by atoms with E-state index in [-0.39, 0.29) is 25.9 Å². The molecule has 1 aliphatic heterocycles. The van der Waals surface area contributed by atoms with Gasteiger partial charge < -0.3 is 0 Å². The molecule has 0 aliphatic carbocycles. The van der Waals surface area contributed by atoms with Gasteiger partial charge in [-0.1, -0.05) is 0 Å². The van der Waals surface area contributed by atoms with Gasteiger partial charge >= 0.3 is 145 Å². The first-order chi connectivity index (χ1) is 11.7. The second kappa shape index (κ2) is 7.25. The molecule has 2 amide bonds. The van der Waals surface area contributed by atoms with Gasteiger partial charge in [-0.05, 0) is 0 Å². The Hall–Kier alpha value is -2.70. The van der Waals surface area contributed by atoms with Crippen LogP contribution in [0.15, 0.2) is 53.4 Å². The number of hydrogen-bond acceptors (Lipinski definition) is 4. The number of methoxy groups -OCH3 is 1. The third-order valence-corrected chi connectivity index (χ3v) is 5.61. The van der Waals surface area contributed by atoms with Crippen molar-refractivity contribution >= 4 is 33.0 Å². The van der Waals surface area contributed by atoms with E-state index in [9.17, 15) is 9.59 Å². The van der Waals surface area contributed by atoms with Crippen LogP contribution >= 0.6 is 0 Å². The van der Waals surface area contributed by atoms with Crippen molar-refractivity contribution in [2.75, 3.05) is 12.0 Å². The number of rotatable bonds is 6. The zero-order chi connectivity index (χ0) is 16.9. The molecular formula is C16H16N4O3Se. The number of amides is 2. The summed E-state index contributed by atoms with van der Waals surface area (Å²) in [5, 5.41) is 5.45. The fourth-order valence-corrected chi connectivity index (χ4v) is 4.34. The zero-order valence-electron chi connectivity index (χ0n) is 12.9. The number of benzene rings is 1. The normalized spacial score (nSPS) is 16.5. The van der Waals surface area contributed by atoms with E-state index in [0.717, 1.165) is 16.0 Å².